The second-order valence-electron chi connectivity index (χ2n) is 6.67. The summed E-state index contributed by atoms with van der Waals surface area (Å²) in [5, 5.41) is 4.06. The van der Waals surface area contributed by atoms with Crippen LogP contribution in [0.25, 0.3) is 11.5 Å². The van der Waals surface area contributed by atoms with Crippen molar-refractivity contribution < 1.29 is 4.52 Å². The van der Waals surface area contributed by atoms with E-state index >= 15 is 0 Å². The van der Waals surface area contributed by atoms with Crippen LogP contribution in [-0.2, 0) is 0 Å². The SMILES string of the molecule is c1cnc(N2CCN(c3ccc(-c4nc(C5CC5)no4)cn3)CC2)cn1. The third-order valence-electron chi connectivity index (χ3n) is 4.86. The molecule has 0 bridgehead atoms. The molecule has 1 saturated carbocycles. The highest BCUT2D eigenvalue weighted by atomic mass is 16.5. The van der Waals surface area contributed by atoms with Gasteiger partial charge in [0.05, 0.1) is 11.8 Å². The van der Waals surface area contributed by atoms with Crippen LogP contribution in [0, 0.1) is 0 Å². The zero-order valence-corrected chi connectivity index (χ0v) is 14.3. The van der Waals surface area contributed by atoms with Crippen molar-refractivity contribution in [3.63, 3.8) is 0 Å². The zero-order chi connectivity index (χ0) is 17.3. The third kappa shape index (κ3) is 2.98. The van der Waals surface area contributed by atoms with E-state index in [0.29, 0.717) is 11.8 Å². The molecule has 0 amide bonds. The Hall–Kier alpha value is -3.03. The molecule has 0 unspecified atom stereocenters. The highest BCUT2D eigenvalue weighted by Gasteiger charge is 2.29. The van der Waals surface area contributed by atoms with Crippen LogP contribution in [-0.4, -0.2) is 51.3 Å². The van der Waals surface area contributed by atoms with Gasteiger partial charge in [-0.05, 0) is 25.0 Å². The maximum absolute atomic E-state index is 5.37. The topological polar surface area (TPSA) is 84.1 Å². The van der Waals surface area contributed by atoms with Crippen LogP contribution in [0.15, 0.2) is 41.4 Å². The molecule has 8 heteroatoms. The van der Waals surface area contributed by atoms with Crippen LogP contribution >= 0.6 is 0 Å². The lowest BCUT2D eigenvalue weighted by Gasteiger charge is -2.35. The molecule has 8 nitrogen and oxygen atoms in total. The van der Waals surface area contributed by atoms with Gasteiger partial charge in [0.15, 0.2) is 5.82 Å². The van der Waals surface area contributed by atoms with E-state index < -0.39 is 0 Å². The van der Waals surface area contributed by atoms with Gasteiger partial charge in [0, 0.05) is 50.7 Å². The van der Waals surface area contributed by atoms with Gasteiger partial charge in [-0.1, -0.05) is 5.16 Å². The zero-order valence-electron chi connectivity index (χ0n) is 14.3. The fourth-order valence-electron chi connectivity index (χ4n) is 3.18. The lowest BCUT2D eigenvalue weighted by Crippen LogP contribution is -2.47. The van der Waals surface area contributed by atoms with Crippen LogP contribution in [0.4, 0.5) is 11.6 Å². The molecule has 5 rings (SSSR count). The average Bonchev–Trinajstić information content (AvgIpc) is 3.46. The minimum absolute atomic E-state index is 0.491. The van der Waals surface area contributed by atoms with Crippen molar-refractivity contribution >= 4 is 11.6 Å². The molecule has 3 aromatic heterocycles. The van der Waals surface area contributed by atoms with Crippen molar-refractivity contribution in [1.29, 1.82) is 0 Å². The molecular weight excluding hydrogens is 330 g/mol. The van der Waals surface area contributed by atoms with E-state index in [0.717, 1.165) is 62.0 Å². The minimum atomic E-state index is 0.491. The summed E-state index contributed by atoms with van der Waals surface area (Å²) in [6.07, 6.45) is 9.38. The molecule has 2 fully saturated rings. The molecule has 132 valence electrons. The summed E-state index contributed by atoms with van der Waals surface area (Å²) in [4.78, 5) is 22.1. The Bertz CT molecular complexity index is 868. The number of nitrogens with zero attached hydrogens (tertiary/aromatic N) is 7. The van der Waals surface area contributed by atoms with Crippen molar-refractivity contribution in [2.75, 3.05) is 36.0 Å². The first kappa shape index (κ1) is 15.2. The molecular formula is C18H19N7O. The number of hydrogen-bond donors (Lipinski definition) is 0. The molecule has 0 N–H and O–H groups in total. The largest absolute Gasteiger partial charge is 0.353 e. The molecule has 0 spiro atoms. The van der Waals surface area contributed by atoms with Gasteiger partial charge in [-0.25, -0.2) is 9.97 Å². The molecule has 4 heterocycles. The van der Waals surface area contributed by atoms with Crippen LogP contribution in [0.2, 0.25) is 0 Å². The smallest absolute Gasteiger partial charge is 0.259 e. The Morgan fingerprint density at radius 3 is 2.35 bits per heavy atom. The molecule has 3 aromatic rings. The first-order valence-electron chi connectivity index (χ1n) is 8.93. The summed E-state index contributed by atoms with van der Waals surface area (Å²) in [5.41, 5.74) is 0.867. The van der Waals surface area contributed by atoms with E-state index in [-0.39, 0.29) is 0 Å². The second kappa shape index (κ2) is 6.36. The first-order valence-corrected chi connectivity index (χ1v) is 8.93. The Labute approximate surface area is 150 Å². The molecule has 1 aliphatic heterocycles. The van der Waals surface area contributed by atoms with Crippen molar-refractivity contribution in [2.45, 2.75) is 18.8 Å². The fraction of sp³-hybridized carbons (Fsp3) is 0.389. The van der Waals surface area contributed by atoms with Gasteiger partial charge in [0.25, 0.3) is 5.89 Å². The van der Waals surface area contributed by atoms with Gasteiger partial charge in [-0.3, -0.25) is 4.98 Å². The van der Waals surface area contributed by atoms with E-state index in [1.807, 2.05) is 24.5 Å². The number of piperazine rings is 1. The first-order chi connectivity index (χ1) is 12.9. The fourth-order valence-corrected chi connectivity index (χ4v) is 3.18. The predicted octanol–water partition coefficient (Wildman–Crippen LogP) is 2.13. The maximum atomic E-state index is 5.37. The molecule has 2 aliphatic rings. The second-order valence-corrected chi connectivity index (χ2v) is 6.67. The summed E-state index contributed by atoms with van der Waals surface area (Å²) in [6.45, 7) is 3.59. The van der Waals surface area contributed by atoms with Gasteiger partial charge in [-0.15, -0.1) is 0 Å². The van der Waals surface area contributed by atoms with Gasteiger partial charge < -0.3 is 14.3 Å². The maximum Gasteiger partial charge on any atom is 0.259 e. The number of pyridine rings is 1. The van der Waals surface area contributed by atoms with Crippen molar-refractivity contribution in [1.82, 2.24) is 25.1 Å². The summed E-state index contributed by atoms with van der Waals surface area (Å²) >= 11 is 0. The van der Waals surface area contributed by atoms with Gasteiger partial charge in [0.1, 0.15) is 11.6 Å². The summed E-state index contributed by atoms with van der Waals surface area (Å²) in [5.74, 6) is 3.76. The lowest BCUT2D eigenvalue weighted by molar-refractivity contribution is 0.422. The average molecular weight is 349 g/mol. The number of anilines is 2. The number of rotatable bonds is 4. The summed E-state index contributed by atoms with van der Waals surface area (Å²) < 4.78 is 5.37. The van der Waals surface area contributed by atoms with Crippen LogP contribution in [0.3, 0.4) is 0 Å². The van der Waals surface area contributed by atoms with Crippen LogP contribution in [0.1, 0.15) is 24.6 Å². The van der Waals surface area contributed by atoms with Crippen LogP contribution in [0.5, 0.6) is 0 Å². The van der Waals surface area contributed by atoms with E-state index in [1.54, 1.807) is 12.4 Å². The molecule has 26 heavy (non-hydrogen) atoms. The molecule has 0 atom stereocenters. The highest BCUT2D eigenvalue weighted by Crippen LogP contribution is 2.38. The minimum Gasteiger partial charge on any atom is -0.353 e. The van der Waals surface area contributed by atoms with E-state index in [2.05, 4.69) is 34.9 Å². The van der Waals surface area contributed by atoms with Gasteiger partial charge in [-0.2, -0.15) is 4.98 Å². The Kier molecular flexibility index (Phi) is 3.73. The quantitative estimate of drug-likeness (QED) is 0.708. The number of hydrogen-bond acceptors (Lipinski definition) is 8. The molecule has 0 radical (unpaired) electrons. The highest BCUT2D eigenvalue weighted by molar-refractivity contribution is 5.55. The van der Waals surface area contributed by atoms with Crippen molar-refractivity contribution in [3.05, 3.63) is 42.7 Å². The predicted molar refractivity (Wildman–Crippen MR) is 96.0 cm³/mol. The molecule has 1 saturated heterocycles. The molecule has 0 aromatic carbocycles. The van der Waals surface area contributed by atoms with Gasteiger partial charge in [0.2, 0.25) is 0 Å². The Balaban J connectivity index is 1.25. The van der Waals surface area contributed by atoms with E-state index in [1.165, 1.54) is 0 Å². The monoisotopic (exact) mass is 349 g/mol. The number of aromatic nitrogens is 5. The molecule has 1 aliphatic carbocycles. The van der Waals surface area contributed by atoms with Gasteiger partial charge >= 0.3 is 0 Å². The third-order valence-corrected chi connectivity index (χ3v) is 4.86. The van der Waals surface area contributed by atoms with Crippen molar-refractivity contribution in [2.24, 2.45) is 0 Å². The Morgan fingerprint density at radius 1 is 0.885 bits per heavy atom. The Morgan fingerprint density at radius 2 is 1.69 bits per heavy atom. The summed E-state index contributed by atoms with van der Waals surface area (Å²) in [7, 11) is 0. The van der Waals surface area contributed by atoms with E-state index in [9.17, 15) is 0 Å². The standard InChI is InChI=1S/C18H19N7O/c1-2-13(1)17-22-18(26-23-17)14-3-4-15(21-11-14)24-7-9-25(10-8-24)16-12-19-5-6-20-16/h3-6,11-13H,1-2,7-10H2. The van der Waals surface area contributed by atoms with E-state index in [4.69, 9.17) is 4.52 Å². The lowest BCUT2D eigenvalue weighted by atomic mass is 10.2. The van der Waals surface area contributed by atoms with Crippen LogP contribution < -0.4 is 9.80 Å². The van der Waals surface area contributed by atoms with Crippen molar-refractivity contribution in [3.8, 4) is 11.5 Å². The normalized spacial score (nSPS) is 17.5. The summed E-state index contributed by atoms with van der Waals surface area (Å²) in [6, 6.07) is 4.02.